The van der Waals surface area contributed by atoms with Gasteiger partial charge in [0.1, 0.15) is 0 Å². The fraction of sp³-hybridized carbons (Fsp3) is 0.316. The third-order valence-electron chi connectivity index (χ3n) is 4.93. The van der Waals surface area contributed by atoms with Crippen LogP contribution in [0.5, 0.6) is 0 Å². The molecule has 1 fully saturated rings. The molecule has 0 amide bonds. The molecule has 29 heavy (non-hydrogen) atoms. The SMILES string of the molecule is COC(=O)c1ccc(C2CCCC2)cc1NS(=O)(=O)c1cccc(S(=O)(=O)O)c1. The van der Waals surface area contributed by atoms with E-state index in [1.54, 1.807) is 12.1 Å². The zero-order valence-electron chi connectivity index (χ0n) is 15.7. The van der Waals surface area contributed by atoms with Crippen LogP contribution in [0.1, 0.15) is 47.5 Å². The van der Waals surface area contributed by atoms with Crippen LogP contribution >= 0.6 is 0 Å². The van der Waals surface area contributed by atoms with E-state index in [4.69, 9.17) is 4.74 Å². The van der Waals surface area contributed by atoms with Crippen LogP contribution in [0, 0.1) is 0 Å². The molecule has 1 saturated carbocycles. The van der Waals surface area contributed by atoms with Crippen LogP contribution in [0.4, 0.5) is 5.69 Å². The maximum atomic E-state index is 12.8. The smallest absolute Gasteiger partial charge is 0.339 e. The lowest BCUT2D eigenvalue weighted by Crippen LogP contribution is -2.17. The van der Waals surface area contributed by atoms with E-state index in [0.717, 1.165) is 43.4 Å². The van der Waals surface area contributed by atoms with Crippen LogP contribution in [0.3, 0.4) is 0 Å². The highest BCUT2D eigenvalue weighted by atomic mass is 32.2. The van der Waals surface area contributed by atoms with E-state index in [1.165, 1.54) is 25.3 Å². The monoisotopic (exact) mass is 439 g/mol. The number of carbonyl (C=O) groups is 1. The summed E-state index contributed by atoms with van der Waals surface area (Å²) < 4.78 is 64.6. The van der Waals surface area contributed by atoms with Crippen molar-refractivity contribution >= 4 is 31.8 Å². The third kappa shape index (κ3) is 4.77. The predicted octanol–water partition coefficient (Wildman–Crippen LogP) is 3.18. The van der Waals surface area contributed by atoms with Gasteiger partial charge in [-0.2, -0.15) is 8.42 Å². The zero-order valence-corrected chi connectivity index (χ0v) is 17.3. The van der Waals surface area contributed by atoms with Gasteiger partial charge in [0.25, 0.3) is 20.1 Å². The molecule has 0 aromatic heterocycles. The van der Waals surface area contributed by atoms with Crippen LogP contribution in [0.2, 0.25) is 0 Å². The molecule has 1 aliphatic rings. The van der Waals surface area contributed by atoms with Gasteiger partial charge in [0.05, 0.1) is 28.2 Å². The van der Waals surface area contributed by atoms with Gasteiger partial charge in [0, 0.05) is 0 Å². The Bertz CT molecular complexity index is 1130. The largest absolute Gasteiger partial charge is 0.465 e. The van der Waals surface area contributed by atoms with Crippen molar-refractivity contribution in [2.24, 2.45) is 0 Å². The Balaban J connectivity index is 2.02. The summed E-state index contributed by atoms with van der Waals surface area (Å²) in [5.74, 6) is -0.417. The van der Waals surface area contributed by atoms with Crippen LogP contribution < -0.4 is 4.72 Å². The lowest BCUT2D eigenvalue weighted by atomic mass is 9.96. The highest BCUT2D eigenvalue weighted by Gasteiger charge is 2.24. The minimum atomic E-state index is -4.57. The van der Waals surface area contributed by atoms with Crippen LogP contribution in [-0.4, -0.2) is 34.5 Å². The number of hydrogen-bond acceptors (Lipinski definition) is 6. The fourth-order valence-corrected chi connectivity index (χ4v) is 5.17. The molecule has 0 spiro atoms. The van der Waals surface area contributed by atoms with E-state index in [-0.39, 0.29) is 22.1 Å². The average Bonchev–Trinajstić information content (AvgIpc) is 3.21. The highest BCUT2D eigenvalue weighted by Crippen LogP contribution is 2.36. The van der Waals surface area contributed by atoms with Gasteiger partial charge in [-0.1, -0.05) is 25.0 Å². The molecule has 0 bridgehead atoms. The molecule has 10 heteroatoms. The second-order valence-corrected chi connectivity index (χ2v) is 9.94. The Kier molecular flexibility index (Phi) is 5.97. The first-order valence-corrected chi connectivity index (χ1v) is 11.9. The van der Waals surface area contributed by atoms with E-state index in [2.05, 4.69) is 4.72 Å². The highest BCUT2D eigenvalue weighted by molar-refractivity contribution is 7.92. The van der Waals surface area contributed by atoms with Gasteiger partial charge >= 0.3 is 5.97 Å². The zero-order chi connectivity index (χ0) is 21.2. The lowest BCUT2D eigenvalue weighted by Gasteiger charge is -2.16. The maximum absolute atomic E-state index is 12.8. The normalized spacial score (nSPS) is 15.2. The molecule has 156 valence electrons. The van der Waals surface area contributed by atoms with E-state index in [1.807, 2.05) is 0 Å². The first-order chi connectivity index (χ1) is 13.6. The van der Waals surface area contributed by atoms with Gasteiger partial charge in [0.15, 0.2) is 0 Å². The molecule has 3 rings (SSSR count). The van der Waals surface area contributed by atoms with Crippen LogP contribution in [0.25, 0.3) is 0 Å². The van der Waals surface area contributed by atoms with Crippen molar-refractivity contribution in [2.75, 3.05) is 11.8 Å². The second-order valence-electron chi connectivity index (χ2n) is 6.83. The molecule has 0 aliphatic heterocycles. The lowest BCUT2D eigenvalue weighted by molar-refractivity contribution is 0.0602. The maximum Gasteiger partial charge on any atom is 0.339 e. The number of hydrogen-bond donors (Lipinski definition) is 2. The third-order valence-corrected chi connectivity index (χ3v) is 7.15. The predicted molar refractivity (Wildman–Crippen MR) is 106 cm³/mol. The van der Waals surface area contributed by atoms with Crippen molar-refractivity contribution in [3.63, 3.8) is 0 Å². The van der Waals surface area contributed by atoms with Gasteiger partial charge in [-0.05, 0) is 54.7 Å². The van der Waals surface area contributed by atoms with Crippen molar-refractivity contribution in [3.8, 4) is 0 Å². The summed E-state index contributed by atoms with van der Waals surface area (Å²) >= 11 is 0. The summed E-state index contributed by atoms with van der Waals surface area (Å²) in [5, 5.41) is 0. The topological polar surface area (TPSA) is 127 Å². The molecule has 2 aromatic rings. The number of ether oxygens (including phenoxy) is 1. The summed E-state index contributed by atoms with van der Waals surface area (Å²) in [6, 6.07) is 9.24. The number of methoxy groups -OCH3 is 1. The quantitative estimate of drug-likeness (QED) is 0.523. The molecular weight excluding hydrogens is 418 g/mol. The first kappa shape index (κ1) is 21.3. The Labute approximate surface area is 169 Å². The molecule has 0 saturated heterocycles. The molecule has 0 unspecified atom stereocenters. The van der Waals surface area contributed by atoms with E-state index >= 15 is 0 Å². The van der Waals surface area contributed by atoms with Crippen LogP contribution in [0.15, 0.2) is 52.3 Å². The summed E-state index contributed by atoms with van der Waals surface area (Å²) in [5.41, 5.74) is 1.02. The Morgan fingerprint density at radius 3 is 2.31 bits per heavy atom. The van der Waals surface area contributed by atoms with E-state index in [0.29, 0.717) is 0 Å². The van der Waals surface area contributed by atoms with Gasteiger partial charge in [-0.25, -0.2) is 13.2 Å². The molecular formula is C19H21NO7S2. The average molecular weight is 440 g/mol. The Hall–Kier alpha value is -2.43. The second kappa shape index (κ2) is 8.13. The summed E-state index contributed by atoms with van der Waals surface area (Å²) in [7, 11) is -7.61. The molecule has 2 aromatic carbocycles. The Morgan fingerprint density at radius 2 is 1.69 bits per heavy atom. The van der Waals surface area contributed by atoms with Crippen molar-refractivity contribution in [1.29, 1.82) is 0 Å². The number of rotatable bonds is 6. The number of benzene rings is 2. The van der Waals surface area contributed by atoms with Crippen LogP contribution in [-0.2, 0) is 24.9 Å². The minimum absolute atomic E-state index is 0.0451. The minimum Gasteiger partial charge on any atom is -0.465 e. The fourth-order valence-electron chi connectivity index (χ4n) is 3.45. The van der Waals surface area contributed by atoms with Gasteiger partial charge in [-0.3, -0.25) is 9.27 Å². The van der Waals surface area contributed by atoms with Crippen molar-refractivity contribution in [1.82, 2.24) is 0 Å². The first-order valence-electron chi connectivity index (χ1n) is 8.94. The number of anilines is 1. The number of esters is 1. The summed E-state index contributed by atoms with van der Waals surface area (Å²) in [6.07, 6.45) is 4.15. The molecule has 0 radical (unpaired) electrons. The van der Waals surface area contributed by atoms with Crippen molar-refractivity contribution in [3.05, 3.63) is 53.6 Å². The number of carbonyl (C=O) groups excluding carboxylic acids is 1. The van der Waals surface area contributed by atoms with E-state index in [9.17, 15) is 26.2 Å². The summed E-state index contributed by atoms with van der Waals surface area (Å²) in [4.78, 5) is 11.2. The molecule has 2 N–H and O–H groups in total. The Morgan fingerprint density at radius 1 is 1.03 bits per heavy atom. The standard InChI is InChI=1S/C19H21NO7S2/c1-27-19(21)17-10-9-14(13-5-2-3-6-13)11-18(17)20-28(22,23)15-7-4-8-16(12-15)29(24,25)26/h4,7-13,20H,2-3,5-6H2,1H3,(H,24,25,26). The molecule has 0 atom stereocenters. The van der Waals surface area contributed by atoms with Crippen molar-refractivity contribution < 1.29 is 30.9 Å². The molecule has 1 aliphatic carbocycles. The van der Waals surface area contributed by atoms with Gasteiger partial charge in [-0.15, -0.1) is 0 Å². The van der Waals surface area contributed by atoms with E-state index < -0.39 is 31.0 Å². The molecule has 8 nitrogen and oxygen atoms in total. The van der Waals surface area contributed by atoms with Gasteiger partial charge in [0.2, 0.25) is 0 Å². The number of sulfonamides is 1. The summed E-state index contributed by atoms with van der Waals surface area (Å²) in [6.45, 7) is 0. The van der Waals surface area contributed by atoms with Gasteiger partial charge < -0.3 is 4.74 Å². The number of nitrogens with one attached hydrogen (secondary N) is 1. The molecule has 0 heterocycles. The van der Waals surface area contributed by atoms with Crippen molar-refractivity contribution in [2.45, 2.75) is 41.4 Å².